The van der Waals surface area contributed by atoms with Crippen molar-refractivity contribution in [3.05, 3.63) is 71.9 Å². The molecule has 3 aromatic rings. The highest BCUT2D eigenvalue weighted by atomic mass is 19.4. The second-order valence-corrected chi connectivity index (χ2v) is 6.18. The van der Waals surface area contributed by atoms with Crippen molar-refractivity contribution >= 4 is 6.21 Å². The SMILES string of the molecule is CC1N=Cc2nccn2C1c1cccnc1Oc1ccc(C(F)(F)F)cc1. The summed E-state index contributed by atoms with van der Waals surface area (Å²) < 4.78 is 46.0. The van der Waals surface area contributed by atoms with Gasteiger partial charge >= 0.3 is 6.18 Å². The zero-order valence-electron chi connectivity index (χ0n) is 14.3. The quantitative estimate of drug-likeness (QED) is 0.680. The van der Waals surface area contributed by atoms with E-state index < -0.39 is 11.7 Å². The van der Waals surface area contributed by atoms with E-state index in [4.69, 9.17) is 4.74 Å². The first-order chi connectivity index (χ1) is 12.9. The normalized spacial score (nSPS) is 19.0. The van der Waals surface area contributed by atoms with E-state index in [-0.39, 0.29) is 17.8 Å². The maximum absolute atomic E-state index is 12.7. The molecule has 0 amide bonds. The number of hydrogen-bond donors (Lipinski definition) is 0. The third-order valence-electron chi connectivity index (χ3n) is 4.40. The molecule has 0 fully saturated rings. The molecule has 0 bridgehead atoms. The average Bonchev–Trinajstić information content (AvgIpc) is 3.11. The van der Waals surface area contributed by atoms with Crippen LogP contribution in [0.1, 0.15) is 29.9 Å². The van der Waals surface area contributed by atoms with Gasteiger partial charge in [0.05, 0.1) is 23.9 Å². The van der Waals surface area contributed by atoms with E-state index in [2.05, 4.69) is 15.0 Å². The monoisotopic (exact) mass is 372 g/mol. The van der Waals surface area contributed by atoms with Crippen LogP contribution in [0.2, 0.25) is 0 Å². The van der Waals surface area contributed by atoms with Gasteiger partial charge in [0.2, 0.25) is 5.88 Å². The van der Waals surface area contributed by atoms with E-state index >= 15 is 0 Å². The number of aromatic nitrogens is 3. The van der Waals surface area contributed by atoms with Gasteiger partial charge in [0, 0.05) is 24.2 Å². The number of rotatable bonds is 3. The molecule has 2 atom stereocenters. The summed E-state index contributed by atoms with van der Waals surface area (Å²) in [7, 11) is 0. The molecule has 138 valence electrons. The summed E-state index contributed by atoms with van der Waals surface area (Å²) in [5.74, 6) is 1.33. The minimum absolute atomic E-state index is 0.0779. The van der Waals surface area contributed by atoms with Crippen molar-refractivity contribution in [2.45, 2.75) is 25.2 Å². The molecule has 0 radical (unpaired) electrons. The Morgan fingerprint density at radius 3 is 2.56 bits per heavy atom. The van der Waals surface area contributed by atoms with E-state index in [0.717, 1.165) is 23.5 Å². The van der Waals surface area contributed by atoms with Gasteiger partial charge in [-0.25, -0.2) is 9.97 Å². The number of aliphatic imine (C=N–C) groups is 1. The molecule has 0 saturated heterocycles. The average molecular weight is 372 g/mol. The molecule has 1 aliphatic heterocycles. The minimum atomic E-state index is -4.39. The van der Waals surface area contributed by atoms with Crippen LogP contribution >= 0.6 is 0 Å². The number of hydrogen-bond acceptors (Lipinski definition) is 4. The van der Waals surface area contributed by atoms with E-state index in [1.807, 2.05) is 23.8 Å². The van der Waals surface area contributed by atoms with Crippen molar-refractivity contribution in [2.24, 2.45) is 4.99 Å². The molecule has 27 heavy (non-hydrogen) atoms. The van der Waals surface area contributed by atoms with Crippen molar-refractivity contribution < 1.29 is 17.9 Å². The van der Waals surface area contributed by atoms with E-state index in [1.54, 1.807) is 24.7 Å². The molecular weight excluding hydrogens is 357 g/mol. The molecule has 2 aromatic heterocycles. The summed E-state index contributed by atoms with van der Waals surface area (Å²) >= 11 is 0. The van der Waals surface area contributed by atoms with Crippen molar-refractivity contribution in [3.63, 3.8) is 0 Å². The first-order valence-electron chi connectivity index (χ1n) is 8.29. The number of fused-ring (bicyclic) bond motifs is 1. The summed E-state index contributed by atoms with van der Waals surface area (Å²) in [4.78, 5) is 13.0. The van der Waals surface area contributed by atoms with Gasteiger partial charge in [-0.15, -0.1) is 0 Å². The highest BCUT2D eigenvalue weighted by molar-refractivity contribution is 5.76. The van der Waals surface area contributed by atoms with Gasteiger partial charge in [-0.05, 0) is 43.3 Å². The molecule has 4 rings (SSSR count). The number of benzene rings is 1. The number of alkyl halides is 3. The van der Waals surface area contributed by atoms with Crippen molar-refractivity contribution in [2.75, 3.05) is 0 Å². The number of halogens is 3. The molecule has 0 spiro atoms. The maximum Gasteiger partial charge on any atom is 0.416 e. The van der Waals surface area contributed by atoms with Gasteiger partial charge < -0.3 is 9.30 Å². The van der Waals surface area contributed by atoms with Gasteiger partial charge in [0.25, 0.3) is 0 Å². The molecule has 1 aliphatic rings. The Labute approximate surface area is 153 Å². The number of ether oxygens (including phenoxy) is 1. The first kappa shape index (κ1) is 17.3. The van der Waals surface area contributed by atoms with Crippen LogP contribution in [-0.2, 0) is 6.18 Å². The Morgan fingerprint density at radius 1 is 1.04 bits per heavy atom. The predicted octanol–water partition coefficient (Wildman–Crippen LogP) is 4.50. The molecule has 0 N–H and O–H groups in total. The van der Waals surface area contributed by atoms with Crippen molar-refractivity contribution in [1.29, 1.82) is 0 Å². The Kier molecular flexibility index (Phi) is 4.18. The Hall–Kier alpha value is -3.16. The topological polar surface area (TPSA) is 52.3 Å². The predicted molar refractivity (Wildman–Crippen MR) is 93.2 cm³/mol. The lowest BCUT2D eigenvalue weighted by atomic mass is 10.0. The summed E-state index contributed by atoms with van der Waals surface area (Å²) in [6, 6.07) is 7.95. The molecule has 0 aliphatic carbocycles. The van der Waals surface area contributed by atoms with Crippen molar-refractivity contribution in [3.8, 4) is 11.6 Å². The second-order valence-electron chi connectivity index (χ2n) is 6.18. The fourth-order valence-electron chi connectivity index (χ4n) is 3.10. The summed E-state index contributed by atoms with van der Waals surface area (Å²) in [6.07, 6.45) is 2.46. The lowest BCUT2D eigenvalue weighted by Gasteiger charge is -2.28. The fraction of sp³-hybridized carbons (Fsp3) is 0.211. The highest BCUT2D eigenvalue weighted by Crippen LogP contribution is 2.36. The maximum atomic E-state index is 12.7. The number of nitrogens with zero attached hydrogens (tertiary/aromatic N) is 4. The highest BCUT2D eigenvalue weighted by Gasteiger charge is 2.31. The fourth-order valence-corrected chi connectivity index (χ4v) is 3.10. The minimum Gasteiger partial charge on any atom is -0.439 e. The summed E-state index contributed by atoms with van der Waals surface area (Å²) in [6.45, 7) is 1.97. The van der Waals surface area contributed by atoms with Crippen LogP contribution in [0.5, 0.6) is 11.6 Å². The molecule has 5 nitrogen and oxygen atoms in total. The van der Waals surface area contributed by atoms with Crippen molar-refractivity contribution in [1.82, 2.24) is 14.5 Å². The van der Waals surface area contributed by atoms with E-state index in [1.165, 1.54) is 12.1 Å². The van der Waals surface area contributed by atoms with Crippen LogP contribution in [0, 0.1) is 0 Å². The van der Waals surface area contributed by atoms with E-state index in [9.17, 15) is 13.2 Å². The summed E-state index contributed by atoms with van der Waals surface area (Å²) in [5, 5.41) is 0. The Bertz CT molecular complexity index is 979. The number of imidazole rings is 1. The zero-order chi connectivity index (χ0) is 19.0. The standard InChI is InChI=1S/C19H15F3N4O/c1-12-17(26-10-9-23-16(26)11-25-12)15-3-2-8-24-18(15)27-14-6-4-13(5-7-14)19(20,21)22/h2-12,17H,1H3. The molecule has 0 saturated carbocycles. The molecule has 1 aromatic carbocycles. The third kappa shape index (κ3) is 3.30. The number of pyridine rings is 1. The van der Waals surface area contributed by atoms with Gasteiger partial charge in [0.1, 0.15) is 5.75 Å². The molecular formula is C19H15F3N4O. The van der Waals surface area contributed by atoms with Crippen LogP contribution in [0.15, 0.2) is 60.0 Å². The second kappa shape index (κ2) is 6.53. The van der Waals surface area contributed by atoms with Crippen LogP contribution in [0.3, 0.4) is 0 Å². The van der Waals surface area contributed by atoms with Gasteiger partial charge in [0.15, 0.2) is 5.82 Å². The third-order valence-corrected chi connectivity index (χ3v) is 4.40. The Balaban J connectivity index is 1.67. The summed E-state index contributed by atoms with van der Waals surface area (Å²) in [5.41, 5.74) is 0.0513. The van der Waals surface area contributed by atoms with E-state index in [0.29, 0.717) is 5.88 Å². The zero-order valence-corrected chi connectivity index (χ0v) is 14.3. The van der Waals surface area contributed by atoms with Crippen LogP contribution in [0.25, 0.3) is 0 Å². The lowest BCUT2D eigenvalue weighted by molar-refractivity contribution is -0.137. The van der Waals surface area contributed by atoms with Crippen LogP contribution in [-0.4, -0.2) is 26.8 Å². The largest absolute Gasteiger partial charge is 0.439 e. The van der Waals surface area contributed by atoms with Gasteiger partial charge in [-0.1, -0.05) is 0 Å². The lowest BCUT2D eigenvalue weighted by Crippen LogP contribution is -2.27. The van der Waals surface area contributed by atoms with Crippen LogP contribution < -0.4 is 4.74 Å². The first-order valence-corrected chi connectivity index (χ1v) is 8.29. The van der Waals surface area contributed by atoms with Gasteiger partial charge in [-0.3, -0.25) is 4.99 Å². The molecule has 2 unspecified atom stereocenters. The smallest absolute Gasteiger partial charge is 0.416 e. The molecule has 8 heteroatoms. The van der Waals surface area contributed by atoms with Gasteiger partial charge in [-0.2, -0.15) is 13.2 Å². The van der Waals surface area contributed by atoms with Crippen LogP contribution in [0.4, 0.5) is 13.2 Å². The Morgan fingerprint density at radius 2 is 1.81 bits per heavy atom. The molecule has 3 heterocycles.